The Labute approximate surface area is 123 Å². The van der Waals surface area contributed by atoms with Gasteiger partial charge >= 0.3 is 12.2 Å². The highest BCUT2D eigenvalue weighted by Gasteiger charge is 2.33. The van der Waals surface area contributed by atoms with Gasteiger partial charge < -0.3 is 10.2 Å². The van der Waals surface area contributed by atoms with E-state index < -0.39 is 11.7 Å². The van der Waals surface area contributed by atoms with Crippen molar-refractivity contribution in [1.82, 2.24) is 4.90 Å². The molecule has 3 nitrogen and oxygen atoms in total. The molecule has 1 aliphatic rings. The molecule has 110 valence electrons. The Hall–Kier alpha value is -1.24. The average molecular weight is 351 g/mol. The Morgan fingerprint density at radius 3 is 2.45 bits per heavy atom. The molecule has 1 fully saturated rings. The highest BCUT2D eigenvalue weighted by Crippen LogP contribution is 2.36. The minimum Gasteiger partial charge on any atom is -0.325 e. The number of urea groups is 1. The Morgan fingerprint density at radius 1 is 1.20 bits per heavy atom. The van der Waals surface area contributed by atoms with Gasteiger partial charge in [0.1, 0.15) is 0 Å². The number of benzene rings is 1. The molecular formula is C13H14BrF3N2O. The third-order valence-electron chi connectivity index (χ3n) is 3.17. The van der Waals surface area contributed by atoms with Crippen LogP contribution in [0.3, 0.4) is 0 Å². The van der Waals surface area contributed by atoms with Gasteiger partial charge in [-0.2, -0.15) is 13.2 Å². The maximum absolute atomic E-state index is 12.8. The number of anilines is 1. The minimum absolute atomic E-state index is 0.0408. The SMILES string of the molecule is O=C(Nc1ccc(Br)c(C(F)(F)F)c1)N1CCCCC1. The molecule has 0 aromatic heterocycles. The third-order valence-corrected chi connectivity index (χ3v) is 3.86. The summed E-state index contributed by atoms with van der Waals surface area (Å²) in [4.78, 5) is 13.6. The molecule has 0 bridgehead atoms. The van der Waals surface area contributed by atoms with E-state index >= 15 is 0 Å². The molecule has 20 heavy (non-hydrogen) atoms. The van der Waals surface area contributed by atoms with Crippen LogP contribution < -0.4 is 5.32 Å². The van der Waals surface area contributed by atoms with Gasteiger partial charge in [0.05, 0.1) is 5.56 Å². The molecule has 7 heteroatoms. The first kappa shape index (κ1) is 15.2. The van der Waals surface area contributed by atoms with Crippen molar-refractivity contribution in [3.63, 3.8) is 0 Å². The molecule has 2 rings (SSSR count). The van der Waals surface area contributed by atoms with Crippen LogP contribution in [0.25, 0.3) is 0 Å². The Balaban J connectivity index is 2.11. The monoisotopic (exact) mass is 350 g/mol. The topological polar surface area (TPSA) is 32.3 Å². The van der Waals surface area contributed by atoms with Gasteiger partial charge in [-0.3, -0.25) is 0 Å². The van der Waals surface area contributed by atoms with E-state index in [-0.39, 0.29) is 16.2 Å². The first-order valence-electron chi connectivity index (χ1n) is 6.30. The predicted molar refractivity (Wildman–Crippen MR) is 73.6 cm³/mol. The van der Waals surface area contributed by atoms with E-state index in [1.54, 1.807) is 4.90 Å². The van der Waals surface area contributed by atoms with Crippen molar-refractivity contribution in [3.8, 4) is 0 Å². The predicted octanol–water partition coefficient (Wildman–Crippen LogP) is 4.49. The quantitative estimate of drug-likeness (QED) is 0.795. The zero-order chi connectivity index (χ0) is 14.8. The van der Waals surface area contributed by atoms with Gasteiger partial charge in [-0.25, -0.2) is 4.79 Å². The maximum Gasteiger partial charge on any atom is 0.417 e. The van der Waals surface area contributed by atoms with Crippen LogP contribution in [0.5, 0.6) is 0 Å². The summed E-state index contributed by atoms with van der Waals surface area (Å²) in [5.74, 6) is 0. The van der Waals surface area contributed by atoms with Crippen LogP contribution in [0.4, 0.5) is 23.7 Å². The Morgan fingerprint density at radius 2 is 1.85 bits per heavy atom. The number of halogens is 4. The molecule has 1 aromatic rings. The molecule has 1 aromatic carbocycles. The summed E-state index contributed by atoms with van der Waals surface area (Å²) in [6, 6.07) is 3.32. The van der Waals surface area contributed by atoms with E-state index in [0.717, 1.165) is 25.3 Å². The number of likely N-dealkylation sites (tertiary alicyclic amines) is 1. The molecule has 0 atom stereocenters. The van der Waals surface area contributed by atoms with E-state index in [0.29, 0.717) is 13.1 Å². The number of nitrogens with one attached hydrogen (secondary N) is 1. The summed E-state index contributed by atoms with van der Waals surface area (Å²) in [6.45, 7) is 1.29. The number of hydrogen-bond donors (Lipinski definition) is 1. The molecule has 0 unspecified atom stereocenters. The highest BCUT2D eigenvalue weighted by molar-refractivity contribution is 9.10. The van der Waals surface area contributed by atoms with Gasteiger partial charge in [0.25, 0.3) is 0 Å². The molecule has 1 saturated heterocycles. The van der Waals surface area contributed by atoms with Crippen molar-refractivity contribution >= 4 is 27.6 Å². The summed E-state index contributed by atoms with van der Waals surface area (Å²) >= 11 is 2.87. The number of amides is 2. The highest BCUT2D eigenvalue weighted by atomic mass is 79.9. The molecule has 1 heterocycles. The molecule has 1 aliphatic heterocycles. The minimum atomic E-state index is -4.45. The second-order valence-electron chi connectivity index (χ2n) is 4.67. The lowest BCUT2D eigenvalue weighted by atomic mass is 10.1. The summed E-state index contributed by atoms with van der Waals surface area (Å²) in [5, 5.41) is 2.52. The standard InChI is InChI=1S/C13H14BrF3N2O/c14-11-5-4-9(8-10(11)13(15,16)17)18-12(20)19-6-2-1-3-7-19/h4-5,8H,1-3,6-7H2,(H,18,20). The second kappa shape index (κ2) is 6.03. The van der Waals surface area contributed by atoms with E-state index in [1.165, 1.54) is 12.1 Å². The number of rotatable bonds is 1. The van der Waals surface area contributed by atoms with Crippen LogP contribution in [-0.4, -0.2) is 24.0 Å². The van der Waals surface area contributed by atoms with Crippen molar-refractivity contribution in [3.05, 3.63) is 28.2 Å². The van der Waals surface area contributed by atoms with E-state index in [9.17, 15) is 18.0 Å². The first-order valence-corrected chi connectivity index (χ1v) is 7.10. The number of nitrogens with zero attached hydrogens (tertiary/aromatic N) is 1. The zero-order valence-electron chi connectivity index (χ0n) is 10.6. The van der Waals surface area contributed by atoms with Crippen LogP contribution in [0.15, 0.2) is 22.7 Å². The summed E-state index contributed by atoms with van der Waals surface area (Å²) in [7, 11) is 0. The normalized spacial score (nSPS) is 16.1. The average Bonchev–Trinajstić information content (AvgIpc) is 2.40. The summed E-state index contributed by atoms with van der Waals surface area (Å²) in [5.41, 5.74) is -0.648. The maximum atomic E-state index is 12.8. The van der Waals surface area contributed by atoms with E-state index in [4.69, 9.17) is 0 Å². The van der Waals surface area contributed by atoms with Crippen molar-refractivity contribution in [1.29, 1.82) is 0 Å². The summed E-state index contributed by atoms with van der Waals surface area (Å²) < 4.78 is 38.3. The second-order valence-corrected chi connectivity index (χ2v) is 5.52. The lowest BCUT2D eigenvalue weighted by Gasteiger charge is -2.27. The molecular weight excluding hydrogens is 337 g/mol. The van der Waals surface area contributed by atoms with Crippen molar-refractivity contribution in [2.45, 2.75) is 25.4 Å². The first-order chi connectivity index (χ1) is 9.38. The zero-order valence-corrected chi connectivity index (χ0v) is 12.2. The lowest BCUT2D eigenvalue weighted by Crippen LogP contribution is -2.38. The molecule has 2 amide bonds. The van der Waals surface area contributed by atoms with E-state index in [1.807, 2.05) is 0 Å². The van der Waals surface area contributed by atoms with Gasteiger partial charge in [-0.05, 0) is 37.5 Å². The van der Waals surface area contributed by atoms with Crippen molar-refractivity contribution < 1.29 is 18.0 Å². The molecule has 0 aliphatic carbocycles. The van der Waals surface area contributed by atoms with Gasteiger partial charge in [-0.15, -0.1) is 0 Å². The van der Waals surface area contributed by atoms with Crippen molar-refractivity contribution in [2.75, 3.05) is 18.4 Å². The van der Waals surface area contributed by atoms with Crippen molar-refractivity contribution in [2.24, 2.45) is 0 Å². The lowest BCUT2D eigenvalue weighted by molar-refractivity contribution is -0.138. The van der Waals surface area contributed by atoms with Gasteiger partial charge in [0.2, 0.25) is 0 Å². The largest absolute Gasteiger partial charge is 0.417 e. The van der Waals surface area contributed by atoms with Crippen LogP contribution in [0.2, 0.25) is 0 Å². The molecule has 0 spiro atoms. The van der Waals surface area contributed by atoms with E-state index in [2.05, 4.69) is 21.2 Å². The fourth-order valence-electron chi connectivity index (χ4n) is 2.12. The smallest absolute Gasteiger partial charge is 0.325 e. The van der Waals surface area contributed by atoms with Crippen LogP contribution in [-0.2, 0) is 6.18 Å². The molecule has 0 saturated carbocycles. The molecule has 0 radical (unpaired) electrons. The number of piperidine rings is 1. The number of carbonyl (C=O) groups excluding carboxylic acids is 1. The fourth-order valence-corrected chi connectivity index (χ4v) is 2.59. The Kier molecular flexibility index (Phi) is 4.57. The number of alkyl halides is 3. The van der Waals surface area contributed by atoms with Gasteiger partial charge in [0.15, 0.2) is 0 Å². The van der Waals surface area contributed by atoms with Crippen LogP contribution >= 0.6 is 15.9 Å². The summed E-state index contributed by atoms with van der Waals surface area (Å²) in [6.07, 6.45) is -1.51. The van der Waals surface area contributed by atoms with Crippen LogP contribution in [0, 0.1) is 0 Å². The number of carbonyl (C=O) groups is 1. The Bertz CT molecular complexity index is 499. The van der Waals surface area contributed by atoms with Gasteiger partial charge in [-0.1, -0.05) is 15.9 Å². The number of hydrogen-bond acceptors (Lipinski definition) is 1. The van der Waals surface area contributed by atoms with Gasteiger partial charge in [0, 0.05) is 23.2 Å². The third kappa shape index (κ3) is 3.65. The molecule has 1 N–H and O–H groups in total. The fraction of sp³-hybridized carbons (Fsp3) is 0.462. The van der Waals surface area contributed by atoms with Crippen LogP contribution in [0.1, 0.15) is 24.8 Å².